The normalized spacial score (nSPS) is 10.4. The third kappa shape index (κ3) is 4.08. The van der Waals surface area contributed by atoms with Crippen molar-refractivity contribution in [3.63, 3.8) is 0 Å². The zero-order chi connectivity index (χ0) is 13.7. The van der Waals surface area contributed by atoms with E-state index in [0.29, 0.717) is 11.6 Å². The average molecular weight is 251 g/mol. The van der Waals surface area contributed by atoms with Crippen LogP contribution >= 0.6 is 0 Å². The first-order chi connectivity index (χ1) is 8.40. The van der Waals surface area contributed by atoms with E-state index >= 15 is 0 Å². The molecule has 0 amide bonds. The maximum atomic E-state index is 10.7. The molecule has 0 spiro atoms. The third-order valence-electron chi connectivity index (χ3n) is 2.58. The van der Waals surface area contributed by atoms with Gasteiger partial charge in [0.1, 0.15) is 13.1 Å². The predicted octanol–water partition coefficient (Wildman–Crippen LogP) is 1.79. The molecule has 0 aliphatic heterocycles. The molecule has 0 atom stereocenters. The number of carbonyl (C=O) groups is 2. The van der Waals surface area contributed by atoms with Crippen LogP contribution in [0.25, 0.3) is 0 Å². The molecule has 5 nitrogen and oxygen atoms in total. The molecular weight excluding hydrogens is 234 g/mol. The zero-order valence-corrected chi connectivity index (χ0v) is 10.5. The number of carboxylic acid groups (broad SMARTS) is 2. The first kappa shape index (κ1) is 14.0. The molecule has 0 saturated heterocycles. The van der Waals surface area contributed by atoms with Crippen LogP contribution in [0.2, 0.25) is 0 Å². The van der Waals surface area contributed by atoms with Gasteiger partial charge in [-0.15, -0.1) is 0 Å². The van der Waals surface area contributed by atoms with E-state index in [1.165, 1.54) is 4.90 Å². The van der Waals surface area contributed by atoms with Gasteiger partial charge in [0.2, 0.25) is 0 Å². The lowest BCUT2D eigenvalue weighted by molar-refractivity contribution is -0.136. The maximum Gasteiger partial charge on any atom is 0.323 e. The van der Waals surface area contributed by atoms with Gasteiger partial charge in [-0.05, 0) is 23.6 Å². The summed E-state index contributed by atoms with van der Waals surface area (Å²) < 4.78 is 0. The number of hydrogen-bond donors (Lipinski definition) is 2. The van der Waals surface area contributed by atoms with E-state index in [1.807, 2.05) is 12.1 Å². The molecule has 0 aliphatic carbocycles. The molecule has 1 aromatic carbocycles. The van der Waals surface area contributed by atoms with Crippen LogP contribution < -0.4 is 4.90 Å². The zero-order valence-electron chi connectivity index (χ0n) is 10.5. The van der Waals surface area contributed by atoms with E-state index in [2.05, 4.69) is 13.8 Å². The molecule has 18 heavy (non-hydrogen) atoms. The lowest BCUT2D eigenvalue weighted by Crippen LogP contribution is -2.34. The molecule has 0 aliphatic rings. The van der Waals surface area contributed by atoms with E-state index in [0.717, 1.165) is 5.56 Å². The van der Waals surface area contributed by atoms with Gasteiger partial charge in [-0.1, -0.05) is 26.0 Å². The predicted molar refractivity (Wildman–Crippen MR) is 68.0 cm³/mol. The minimum absolute atomic E-state index is 0.326. The highest BCUT2D eigenvalue weighted by Gasteiger charge is 2.14. The van der Waals surface area contributed by atoms with Crippen molar-refractivity contribution in [2.45, 2.75) is 19.8 Å². The SMILES string of the molecule is CC(C)c1ccc(N(CC(=O)O)CC(=O)O)cc1. The molecule has 1 rings (SSSR count). The van der Waals surface area contributed by atoms with E-state index in [-0.39, 0.29) is 13.1 Å². The Morgan fingerprint density at radius 3 is 1.83 bits per heavy atom. The summed E-state index contributed by atoms with van der Waals surface area (Å²) in [6.45, 7) is 3.46. The van der Waals surface area contributed by atoms with Crippen LogP contribution in [0.15, 0.2) is 24.3 Å². The second-order valence-electron chi connectivity index (χ2n) is 4.39. The van der Waals surface area contributed by atoms with E-state index in [1.54, 1.807) is 12.1 Å². The summed E-state index contributed by atoms with van der Waals surface area (Å²) in [7, 11) is 0. The molecular formula is C13H17NO4. The molecule has 0 unspecified atom stereocenters. The van der Waals surface area contributed by atoms with Gasteiger partial charge in [-0.25, -0.2) is 0 Å². The summed E-state index contributed by atoms with van der Waals surface area (Å²) in [5.74, 6) is -1.72. The summed E-state index contributed by atoms with van der Waals surface area (Å²) in [6, 6.07) is 7.27. The molecule has 5 heteroatoms. The number of rotatable bonds is 6. The van der Waals surface area contributed by atoms with Crippen LogP contribution in [0.3, 0.4) is 0 Å². The Morgan fingerprint density at radius 1 is 1.06 bits per heavy atom. The Labute approximate surface area is 106 Å². The van der Waals surface area contributed by atoms with Crippen molar-refractivity contribution in [2.75, 3.05) is 18.0 Å². The van der Waals surface area contributed by atoms with Gasteiger partial charge in [-0.3, -0.25) is 9.59 Å². The lowest BCUT2D eigenvalue weighted by atomic mass is 10.0. The number of aliphatic carboxylic acids is 2. The second-order valence-corrected chi connectivity index (χ2v) is 4.39. The Morgan fingerprint density at radius 2 is 1.50 bits per heavy atom. The first-order valence-electron chi connectivity index (χ1n) is 5.68. The summed E-state index contributed by atoms with van der Waals surface area (Å²) in [5, 5.41) is 17.5. The minimum atomic E-state index is -1.05. The summed E-state index contributed by atoms with van der Waals surface area (Å²) in [5.41, 5.74) is 1.73. The van der Waals surface area contributed by atoms with Crippen molar-refractivity contribution in [3.8, 4) is 0 Å². The topological polar surface area (TPSA) is 77.8 Å². The average Bonchev–Trinajstić information content (AvgIpc) is 2.27. The van der Waals surface area contributed by atoms with Crippen LogP contribution in [0.4, 0.5) is 5.69 Å². The van der Waals surface area contributed by atoms with Gasteiger partial charge >= 0.3 is 11.9 Å². The molecule has 2 N–H and O–H groups in total. The Balaban J connectivity index is 2.90. The van der Waals surface area contributed by atoms with Crippen molar-refractivity contribution < 1.29 is 19.8 Å². The molecule has 0 heterocycles. The minimum Gasteiger partial charge on any atom is -0.480 e. The smallest absolute Gasteiger partial charge is 0.323 e. The fraction of sp³-hybridized carbons (Fsp3) is 0.385. The Bertz CT molecular complexity index is 409. The van der Waals surface area contributed by atoms with Crippen LogP contribution in [-0.2, 0) is 9.59 Å². The van der Waals surface area contributed by atoms with Crippen molar-refractivity contribution in [1.29, 1.82) is 0 Å². The fourth-order valence-electron chi connectivity index (χ4n) is 1.64. The molecule has 0 bridgehead atoms. The molecule has 98 valence electrons. The largest absolute Gasteiger partial charge is 0.480 e. The standard InChI is InChI=1S/C13H17NO4/c1-9(2)10-3-5-11(6-4-10)14(7-12(15)16)8-13(17)18/h3-6,9H,7-8H2,1-2H3,(H,15,16)(H,17,18). The number of anilines is 1. The van der Waals surface area contributed by atoms with Crippen molar-refractivity contribution in [1.82, 2.24) is 0 Å². The lowest BCUT2D eigenvalue weighted by Gasteiger charge is -2.21. The van der Waals surface area contributed by atoms with Gasteiger partial charge in [0, 0.05) is 5.69 Å². The highest BCUT2D eigenvalue weighted by atomic mass is 16.4. The van der Waals surface area contributed by atoms with E-state index < -0.39 is 11.9 Å². The van der Waals surface area contributed by atoms with Crippen molar-refractivity contribution in [3.05, 3.63) is 29.8 Å². The highest BCUT2D eigenvalue weighted by Crippen LogP contribution is 2.19. The second kappa shape index (κ2) is 6.05. The van der Waals surface area contributed by atoms with Gasteiger partial charge in [-0.2, -0.15) is 0 Å². The van der Waals surface area contributed by atoms with Crippen LogP contribution in [-0.4, -0.2) is 35.2 Å². The number of nitrogens with zero attached hydrogens (tertiary/aromatic N) is 1. The molecule has 0 radical (unpaired) electrons. The highest BCUT2D eigenvalue weighted by molar-refractivity contribution is 5.79. The number of carboxylic acids is 2. The summed E-state index contributed by atoms with van der Waals surface area (Å²) in [6.07, 6.45) is 0. The van der Waals surface area contributed by atoms with Crippen LogP contribution in [0.1, 0.15) is 25.3 Å². The van der Waals surface area contributed by atoms with Crippen molar-refractivity contribution >= 4 is 17.6 Å². The van der Waals surface area contributed by atoms with Gasteiger partial charge in [0.05, 0.1) is 0 Å². The first-order valence-corrected chi connectivity index (χ1v) is 5.68. The van der Waals surface area contributed by atoms with Crippen LogP contribution in [0.5, 0.6) is 0 Å². The Kier molecular flexibility index (Phi) is 4.71. The van der Waals surface area contributed by atoms with Crippen molar-refractivity contribution in [2.24, 2.45) is 0 Å². The van der Waals surface area contributed by atoms with E-state index in [4.69, 9.17) is 10.2 Å². The summed E-state index contributed by atoms with van der Waals surface area (Å²) >= 11 is 0. The Hall–Kier alpha value is -2.04. The molecule has 1 aromatic rings. The molecule has 0 saturated carbocycles. The van der Waals surface area contributed by atoms with Gasteiger partial charge < -0.3 is 15.1 Å². The summed E-state index contributed by atoms with van der Waals surface area (Å²) in [4.78, 5) is 22.7. The number of benzene rings is 1. The number of hydrogen-bond acceptors (Lipinski definition) is 3. The monoisotopic (exact) mass is 251 g/mol. The van der Waals surface area contributed by atoms with Crippen LogP contribution in [0, 0.1) is 0 Å². The third-order valence-corrected chi connectivity index (χ3v) is 2.58. The van der Waals surface area contributed by atoms with Gasteiger partial charge in [0.25, 0.3) is 0 Å². The molecule has 0 fully saturated rings. The van der Waals surface area contributed by atoms with E-state index in [9.17, 15) is 9.59 Å². The van der Waals surface area contributed by atoms with Gasteiger partial charge in [0.15, 0.2) is 0 Å². The quantitative estimate of drug-likeness (QED) is 0.805. The maximum absolute atomic E-state index is 10.7. The fourth-order valence-corrected chi connectivity index (χ4v) is 1.64. The molecule has 0 aromatic heterocycles.